The first kappa shape index (κ1) is 20.4. The lowest BCUT2D eigenvalue weighted by Gasteiger charge is -2.20. The van der Waals surface area contributed by atoms with Crippen LogP contribution in [0.3, 0.4) is 0 Å². The highest BCUT2D eigenvalue weighted by atomic mass is 35.5. The number of nitrogens with zero attached hydrogens (tertiary/aromatic N) is 2. The molecule has 2 aromatic rings. The second kappa shape index (κ2) is 9.62. The number of carbonyl (C=O) groups excluding carboxylic acids is 1. The number of pyridine rings is 1. The number of amides is 1. The van der Waals surface area contributed by atoms with Crippen LogP contribution < -0.4 is 5.32 Å². The molecule has 0 saturated carbocycles. The van der Waals surface area contributed by atoms with Crippen LogP contribution in [0.25, 0.3) is 11.1 Å². The Morgan fingerprint density at radius 1 is 1.04 bits per heavy atom. The van der Waals surface area contributed by atoms with E-state index >= 15 is 0 Å². The van der Waals surface area contributed by atoms with Crippen molar-refractivity contribution in [2.75, 3.05) is 26.2 Å². The van der Waals surface area contributed by atoms with E-state index in [1.807, 2.05) is 17.2 Å². The van der Waals surface area contributed by atoms with Gasteiger partial charge in [0.15, 0.2) is 0 Å². The molecule has 1 saturated heterocycles. The van der Waals surface area contributed by atoms with Crippen LogP contribution in [0.4, 0.5) is 0 Å². The molecular weight excluding hydrogens is 345 g/mol. The van der Waals surface area contributed by atoms with Gasteiger partial charge in [0.25, 0.3) is 5.91 Å². The minimum atomic E-state index is 0. The van der Waals surface area contributed by atoms with Crippen molar-refractivity contribution in [1.82, 2.24) is 15.2 Å². The smallest absolute Gasteiger partial charge is 0.255 e. The highest BCUT2D eigenvalue weighted by Gasteiger charge is 2.17. The first-order chi connectivity index (χ1) is 10.7. The number of hydrogen-bond donors (Lipinski definition) is 1. The number of benzene rings is 1. The third-order valence-corrected chi connectivity index (χ3v) is 4.00. The minimum Gasteiger partial charge on any atom is -0.337 e. The van der Waals surface area contributed by atoms with Gasteiger partial charge >= 0.3 is 0 Å². The molecular formula is C18H23Cl2N3O. The SMILES string of the molecule is Cc1ccc(-c2cncc(C(=O)N3CCCNCC3)c2)cc1.Cl.Cl. The Morgan fingerprint density at radius 3 is 2.54 bits per heavy atom. The van der Waals surface area contributed by atoms with E-state index in [1.165, 1.54) is 5.56 Å². The summed E-state index contributed by atoms with van der Waals surface area (Å²) >= 11 is 0. The van der Waals surface area contributed by atoms with Crippen LogP contribution in [0, 0.1) is 6.92 Å². The molecule has 3 rings (SSSR count). The summed E-state index contributed by atoms with van der Waals surface area (Å²) in [4.78, 5) is 18.8. The molecule has 0 aliphatic carbocycles. The summed E-state index contributed by atoms with van der Waals surface area (Å²) in [6, 6.07) is 10.2. The molecule has 0 bridgehead atoms. The third-order valence-electron chi connectivity index (χ3n) is 4.00. The van der Waals surface area contributed by atoms with Gasteiger partial charge in [-0.2, -0.15) is 0 Å². The van der Waals surface area contributed by atoms with Crippen molar-refractivity contribution in [2.24, 2.45) is 0 Å². The molecule has 1 aromatic carbocycles. The van der Waals surface area contributed by atoms with Crippen LogP contribution in [0.15, 0.2) is 42.7 Å². The fourth-order valence-corrected chi connectivity index (χ4v) is 2.69. The molecule has 0 atom stereocenters. The zero-order chi connectivity index (χ0) is 15.4. The van der Waals surface area contributed by atoms with E-state index in [9.17, 15) is 4.79 Å². The highest BCUT2D eigenvalue weighted by Crippen LogP contribution is 2.20. The largest absolute Gasteiger partial charge is 0.337 e. The molecule has 1 N–H and O–H groups in total. The van der Waals surface area contributed by atoms with Crippen LogP contribution in [-0.4, -0.2) is 42.0 Å². The van der Waals surface area contributed by atoms with Gasteiger partial charge in [-0.15, -0.1) is 24.8 Å². The average Bonchev–Trinajstić information content (AvgIpc) is 2.84. The number of rotatable bonds is 2. The number of aromatic nitrogens is 1. The fourth-order valence-electron chi connectivity index (χ4n) is 2.69. The lowest BCUT2D eigenvalue weighted by molar-refractivity contribution is 0.0766. The summed E-state index contributed by atoms with van der Waals surface area (Å²) in [5.74, 6) is 0.0742. The van der Waals surface area contributed by atoms with Gasteiger partial charge in [-0.3, -0.25) is 9.78 Å². The molecule has 0 radical (unpaired) electrons. The van der Waals surface area contributed by atoms with Gasteiger partial charge in [-0.1, -0.05) is 29.8 Å². The van der Waals surface area contributed by atoms with E-state index < -0.39 is 0 Å². The van der Waals surface area contributed by atoms with Crippen LogP contribution in [-0.2, 0) is 0 Å². The summed E-state index contributed by atoms with van der Waals surface area (Å²) in [6.07, 6.45) is 4.47. The van der Waals surface area contributed by atoms with Crippen LogP contribution in [0.2, 0.25) is 0 Å². The Hall–Kier alpha value is -1.62. The number of hydrogen-bond acceptors (Lipinski definition) is 3. The van der Waals surface area contributed by atoms with Crippen molar-refractivity contribution < 1.29 is 4.79 Å². The molecule has 4 nitrogen and oxygen atoms in total. The molecule has 1 fully saturated rings. The zero-order valence-corrected chi connectivity index (χ0v) is 15.3. The molecule has 130 valence electrons. The summed E-state index contributed by atoms with van der Waals surface area (Å²) < 4.78 is 0. The monoisotopic (exact) mass is 367 g/mol. The summed E-state index contributed by atoms with van der Waals surface area (Å²) in [5, 5.41) is 3.32. The molecule has 1 aromatic heterocycles. The Labute approximate surface area is 155 Å². The molecule has 6 heteroatoms. The summed E-state index contributed by atoms with van der Waals surface area (Å²) in [7, 11) is 0. The lowest BCUT2D eigenvalue weighted by Crippen LogP contribution is -2.34. The van der Waals surface area contributed by atoms with Gasteiger partial charge in [0.1, 0.15) is 0 Å². The van der Waals surface area contributed by atoms with Crippen molar-refractivity contribution in [3.05, 3.63) is 53.9 Å². The average molecular weight is 368 g/mol. The van der Waals surface area contributed by atoms with Crippen molar-refractivity contribution in [1.29, 1.82) is 0 Å². The molecule has 0 unspecified atom stereocenters. The number of aryl methyl sites for hydroxylation is 1. The van der Waals surface area contributed by atoms with E-state index in [-0.39, 0.29) is 30.7 Å². The van der Waals surface area contributed by atoms with Gasteiger partial charge in [0.05, 0.1) is 5.56 Å². The quantitative estimate of drug-likeness (QED) is 0.885. The normalized spacial score (nSPS) is 14.1. The molecule has 0 spiro atoms. The molecule has 2 heterocycles. The second-order valence-electron chi connectivity index (χ2n) is 5.72. The van der Waals surface area contributed by atoms with Gasteiger partial charge < -0.3 is 10.2 Å². The van der Waals surface area contributed by atoms with E-state index in [4.69, 9.17) is 0 Å². The molecule has 1 aliphatic rings. The molecule has 1 aliphatic heterocycles. The van der Waals surface area contributed by atoms with Gasteiger partial charge in [-0.25, -0.2) is 0 Å². The first-order valence-electron chi connectivity index (χ1n) is 7.76. The van der Waals surface area contributed by atoms with Gasteiger partial charge in [0, 0.05) is 37.6 Å². The lowest BCUT2D eigenvalue weighted by atomic mass is 10.0. The first-order valence-corrected chi connectivity index (χ1v) is 7.76. The van der Waals surface area contributed by atoms with Gasteiger partial charge in [-0.05, 0) is 31.5 Å². The maximum atomic E-state index is 12.6. The maximum Gasteiger partial charge on any atom is 0.255 e. The Morgan fingerprint density at radius 2 is 1.79 bits per heavy atom. The number of nitrogens with one attached hydrogen (secondary N) is 1. The summed E-state index contributed by atoms with van der Waals surface area (Å²) in [5.41, 5.74) is 3.96. The predicted molar refractivity (Wildman–Crippen MR) is 102 cm³/mol. The predicted octanol–water partition coefficient (Wildman–Crippen LogP) is 3.34. The van der Waals surface area contributed by atoms with E-state index in [0.717, 1.165) is 43.7 Å². The van der Waals surface area contributed by atoms with Crippen molar-refractivity contribution in [2.45, 2.75) is 13.3 Å². The zero-order valence-electron chi connectivity index (χ0n) is 13.7. The topological polar surface area (TPSA) is 45.2 Å². The minimum absolute atomic E-state index is 0. The number of carbonyl (C=O) groups is 1. The number of halogens is 2. The highest BCUT2D eigenvalue weighted by molar-refractivity contribution is 5.95. The molecule has 24 heavy (non-hydrogen) atoms. The van der Waals surface area contributed by atoms with Crippen molar-refractivity contribution >= 4 is 30.7 Å². The fraction of sp³-hybridized carbons (Fsp3) is 0.333. The van der Waals surface area contributed by atoms with Gasteiger partial charge in [0.2, 0.25) is 0 Å². The van der Waals surface area contributed by atoms with Crippen molar-refractivity contribution in [3.63, 3.8) is 0 Å². The maximum absolute atomic E-state index is 12.6. The van der Waals surface area contributed by atoms with Crippen LogP contribution in [0.1, 0.15) is 22.3 Å². The van der Waals surface area contributed by atoms with Crippen LogP contribution >= 0.6 is 24.8 Å². The second-order valence-corrected chi connectivity index (χ2v) is 5.72. The molecule has 1 amide bonds. The van der Waals surface area contributed by atoms with E-state index in [0.29, 0.717) is 5.56 Å². The standard InChI is InChI=1S/C18H21N3O.2ClH/c1-14-3-5-15(6-4-14)16-11-17(13-20-12-16)18(22)21-9-2-7-19-8-10-21;;/h3-6,11-13,19H,2,7-10H2,1H3;2*1H. The Kier molecular flexibility index (Phi) is 8.19. The van der Waals surface area contributed by atoms with Crippen molar-refractivity contribution in [3.8, 4) is 11.1 Å². The Balaban J connectivity index is 0.00000144. The third kappa shape index (κ3) is 4.94. The van der Waals surface area contributed by atoms with E-state index in [2.05, 4.69) is 41.5 Å². The Bertz CT molecular complexity index is 654. The van der Waals surface area contributed by atoms with Crippen LogP contribution in [0.5, 0.6) is 0 Å². The van der Waals surface area contributed by atoms with E-state index in [1.54, 1.807) is 6.20 Å². The summed E-state index contributed by atoms with van der Waals surface area (Å²) in [6.45, 7) is 5.46.